The largest absolute Gasteiger partial charge is 0.495 e. The number of carbonyl (C=O) groups excluding carboxylic acids is 2. The van der Waals surface area contributed by atoms with Crippen LogP contribution in [-0.2, 0) is 9.59 Å². The molecule has 27 heavy (non-hydrogen) atoms. The summed E-state index contributed by atoms with van der Waals surface area (Å²) in [5.74, 6) is 1.48. The smallest absolute Gasteiger partial charge is 0.231 e. The molecular formula is C20H22N2O5. The molecule has 1 N–H and O–H groups in total. The van der Waals surface area contributed by atoms with Crippen molar-refractivity contribution in [3.8, 4) is 17.2 Å². The second-order valence-corrected chi connectivity index (χ2v) is 6.21. The molecule has 2 amide bonds. The van der Waals surface area contributed by atoms with Crippen LogP contribution in [-0.4, -0.2) is 32.3 Å². The fourth-order valence-corrected chi connectivity index (χ4v) is 2.87. The molecule has 7 heteroatoms. The van der Waals surface area contributed by atoms with E-state index in [1.807, 2.05) is 25.1 Å². The van der Waals surface area contributed by atoms with Crippen LogP contribution >= 0.6 is 0 Å². The summed E-state index contributed by atoms with van der Waals surface area (Å²) in [4.78, 5) is 26.0. The number of fused-ring (bicyclic) bond motifs is 1. The maximum absolute atomic E-state index is 12.3. The molecule has 7 nitrogen and oxygen atoms in total. The van der Waals surface area contributed by atoms with E-state index in [1.165, 1.54) is 6.92 Å². The molecule has 0 unspecified atom stereocenters. The number of hydrogen-bond acceptors (Lipinski definition) is 5. The van der Waals surface area contributed by atoms with Crippen LogP contribution in [0.1, 0.15) is 18.9 Å². The number of rotatable bonds is 6. The average Bonchev–Trinajstić information content (AvgIpc) is 3.09. The summed E-state index contributed by atoms with van der Waals surface area (Å²) in [6.45, 7) is 3.83. The number of hydrogen-bond donors (Lipinski definition) is 1. The molecule has 2 aromatic rings. The van der Waals surface area contributed by atoms with E-state index < -0.39 is 0 Å². The first-order chi connectivity index (χ1) is 13.0. The van der Waals surface area contributed by atoms with E-state index in [9.17, 15) is 9.59 Å². The molecule has 0 aliphatic carbocycles. The van der Waals surface area contributed by atoms with E-state index in [0.717, 1.165) is 5.56 Å². The molecule has 0 atom stereocenters. The molecule has 0 saturated heterocycles. The Kier molecular flexibility index (Phi) is 5.49. The zero-order chi connectivity index (χ0) is 19.4. The third-order valence-corrected chi connectivity index (χ3v) is 4.22. The molecule has 2 aromatic carbocycles. The lowest BCUT2D eigenvalue weighted by Gasteiger charge is -2.23. The average molecular weight is 370 g/mol. The summed E-state index contributed by atoms with van der Waals surface area (Å²) in [7, 11) is 1.55. The molecule has 0 spiro atoms. The molecule has 0 radical (unpaired) electrons. The standard InChI is InChI=1S/C20H22N2O5/c1-13-4-6-17(25-3)16(10-13)22(14(2)23)9-8-20(24)21-15-5-7-18-19(11-15)27-12-26-18/h4-7,10-11H,8-9,12H2,1-3H3,(H,21,24). The predicted octanol–water partition coefficient (Wildman–Crippen LogP) is 3.11. The molecule has 1 heterocycles. The van der Waals surface area contributed by atoms with Crippen LogP contribution in [0.25, 0.3) is 0 Å². The molecule has 0 fully saturated rings. The van der Waals surface area contributed by atoms with Crippen LogP contribution in [0.2, 0.25) is 0 Å². The Morgan fingerprint density at radius 2 is 1.93 bits per heavy atom. The van der Waals surface area contributed by atoms with Gasteiger partial charge in [-0.3, -0.25) is 9.59 Å². The Bertz CT molecular complexity index is 865. The molecule has 0 saturated carbocycles. The van der Waals surface area contributed by atoms with Crippen molar-refractivity contribution in [2.45, 2.75) is 20.3 Å². The summed E-state index contributed by atoms with van der Waals surface area (Å²) >= 11 is 0. The quantitative estimate of drug-likeness (QED) is 0.845. The van der Waals surface area contributed by atoms with Gasteiger partial charge >= 0.3 is 0 Å². The maximum Gasteiger partial charge on any atom is 0.231 e. The minimum absolute atomic E-state index is 0.144. The van der Waals surface area contributed by atoms with Crippen LogP contribution in [0, 0.1) is 6.92 Å². The molecule has 1 aliphatic heterocycles. The number of methoxy groups -OCH3 is 1. The van der Waals surface area contributed by atoms with Gasteiger partial charge in [-0.1, -0.05) is 6.07 Å². The topological polar surface area (TPSA) is 77.1 Å². The first kappa shape index (κ1) is 18.6. The Morgan fingerprint density at radius 1 is 1.15 bits per heavy atom. The van der Waals surface area contributed by atoms with Crippen molar-refractivity contribution in [1.82, 2.24) is 0 Å². The minimum Gasteiger partial charge on any atom is -0.495 e. The van der Waals surface area contributed by atoms with Crippen molar-refractivity contribution < 1.29 is 23.8 Å². The Labute approximate surface area is 157 Å². The zero-order valence-corrected chi connectivity index (χ0v) is 15.6. The Hall–Kier alpha value is -3.22. The van der Waals surface area contributed by atoms with Crippen LogP contribution in [0.4, 0.5) is 11.4 Å². The summed E-state index contributed by atoms with van der Waals surface area (Å²) in [6.07, 6.45) is 0.144. The highest BCUT2D eigenvalue weighted by atomic mass is 16.7. The fraction of sp³-hybridized carbons (Fsp3) is 0.300. The summed E-state index contributed by atoms with van der Waals surface area (Å²) in [5.41, 5.74) is 2.27. The van der Waals surface area contributed by atoms with Gasteiger partial charge in [-0.15, -0.1) is 0 Å². The van der Waals surface area contributed by atoms with E-state index in [4.69, 9.17) is 14.2 Å². The molecule has 0 bridgehead atoms. The van der Waals surface area contributed by atoms with Gasteiger partial charge in [0.1, 0.15) is 5.75 Å². The van der Waals surface area contributed by atoms with Crippen LogP contribution in [0.15, 0.2) is 36.4 Å². The van der Waals surface area contributed by atoms with E-state index in [0.29, 0.717) is 28.6 Å². The molecule has 142 valence electrons. The number of amides is 2. The van der Waals surface area contributed by atoms with Crippen molar-refractivity contribution in [3.63, 3.8) is 0 Å². The Balaban J connectivity index is 1.67. The molecule has 1 aliphatic rings. The lowest BCUT2D eigenvalue weighted by molar-refractivity contribution is -0.117. The maximum atomic E-state index is 12.3. The highest BCUT2D eigenvalue weighted by Gasteiger charge is 2.18. The monoisotopic (exact) mass is 370 g/mol. The van der Waals surface area contributed by atoms with Gasteiger partial charge in [-0.25, -0.2) is 0 Å². The number of carbonyl (C=O) groups is 2. The highest BCUT2D eigenvalue weighted by molar-refractivity contribution is 5.96. The Morgan fingerprint density at radius 3 is 2.67 bits per heavy atom. The SMILES string of the molecule is COc1ccc(C)cc1N(CCC(=O)Nc1ccc2c(c1)OCO2)C(C)=O. The zero-order valence-electron chi connectivity index (χ0n) is 15.6. The summed E-state index contributed by atoms with van der Waals surface area (Å²) < 4.78 is 15.9. The van der Waals surface area contributed by atoms with Gasteiger partial charge in [0.15, 0.2) is 11.5 Å². The van der Waals surface area contributed by atoms with Gasteiger partial charge in [0, 0.05) is 31.6 Å². The van der Waals surface area contributed by atoms with E-state index in [2.05, 4.69) is 5.32 Å². The first-order valence-electron chi connectivity index (χ1n) is 8.60. The third kappa shape index (κ3) is 4.31. The molecular weight excluding hydrogens is 348 g/mol. The van der Waals surface area contributed by atoms with Crippen molar-refractivity contribution in [2.75, 3.05) is 30.7 Å². The van der Waals surface area contributed by atoms with E-state index >= 15 is 0 Å². The summed E-state index contributed by atoms with van der Waals surface area (Å²) in [6, 6.07) is 10.8. The van der Waals surface area contributed by atoms with E-state index in [-0.39, 0.29) is 31.6 Å². The molecule has 3 rings (SSSR count). The first-order valence-corrected chi connectivity index (χ1v) is 8.60. The van der Waals surface area contributed by atoms with Crippen molar-refractivity contribution >= 4 is 23.2 Å². The van der Waals surface area contributed by atoms with Crippen LogP contribution in [0.5, 0.6) is 17.2 Å². The highest BCUT2D eigenvalue weighted by Crippen LogP contribution is 2.34. The fourth-order valence-electron chi connectivity index (χ4n) is 2.87. The van der Waals surface area contributed by atoms with Crippen LogP contribution < -0.4 is 24.4 Å². The predicted molar refractivity (Wildman–Crippen MR) is 102 cm³/mol. The second-order valence-electron chi connectivity index (χ2n) is 6.21. The normalized spacial score (nSPS) is 11.8. The number of nitrogens with one attached hydrogen (secondary N) is 1. The lowest BCUT2D eigenvalue weighted by Crippen LogP contribution is -2.32. The van der Waals surface area contributed by atoms with Gasteiger partial charge in [-0.05, 0) is 36.8 Å². The third-order valence-electron chi connectivity index (χ3n) is 4.22. The van der Waals surface area contributed by atoms with Crippen molar-refractivity contribution in [3.05, 3.63) is 42.0 Å². The second kappa shape index (κ2) is 7.99. The van der Waals surface area contributed by atoms with Crippen LogP contribution in [0.3, 0.4) is 0 Å². The van der Waals surface area contributed by atoms with Gasteiger partial charge in [0.2, 0.25) is 18.6 Å². The molecule has 0 aromatic heterocycles. The number of benzene rings is 2. The van der Waals surface area contributed by atoms with Crippen molar-refractivity contribution in [2.24, 2.45) is 0 Å². The van der Waals surface area contributed by atoms with Gasteiger partial charge < -0.3 is 24.4 Å². The summed E-state index contributed by atoms with van der Waals surface area (Å²) in [5, 5.41) is 2.81. The van der Waals surface area contributed by atoms with Gasteiger partial charge in [-0.2, -0.15) is 0 Å². The number of aryl methyl sites for hydroxylation is 1. The van der Waals surface area contributed by atoms with E-state index in [1.54, 1.807) is 30.2 Å². The number of nitrogens with zero attached hydrogens (tertiary/aromatic N) is 1. The minimum atomic E-state index is -0.202. The van der Waals surface area contributed by atoms with Gasteiger partial charge in [0.05, 0.1) is 12.8 Å². The van der Waals surface area contributed by atoms with Gasteiger partial charge in [0.25, 0.3) is 0 Å². The number of anilines is 2. The number of ether oxygens (including phenoxy) is 3. The lowest BCUT2D eigenvalue weighted by atomic mass is 10.1. The van der Waals surface area contributed by atoms with Crippen molar-refractivity contribution in [1.29, 1.82) is 0 Å².